The molecule has 0 aromatic heterocycles. The topological polar surface area (TPSA) is 92.7 Å². The molecule has 1 aromatic carbocycles. The first kappa shape index (κ1) is 15.5. The minimum absolute atomic E-state index is 0.122. The highest BCUT2D eigenvalue weighted by molar-refractivity contribution is 7.91. The van der Waals surface area contributed by atoms with Crippen LogP contribution in [0.4, 0.5) is 0 Å². The van der Waals surface area contributed by atoms with Gasteiger partial charge in [-0.1, -0.05) is 0 Å². The quantitative estimate of drug-likeness (QED) is 0.766. The maximum absolute atomic E-state index is 12.1. The molecule has 19 heavy (non-hydrogen) atoms. The van der Waals surface area contributed by atoms with E-state index in [1.165, 1.54) is 26.2 Å². The molecule has 1 atom stereocenters. The van der Waals surface area contributed by atoms with Crippen LogP contribution in [-0.4, -0.2) is 44.9 Å². The van der Waals surface area contributed by atoms with Crippen molar-refractivity contribution in [2.45, 2.75) is 17.9 Å². The van der Waals surface area contributed by atoms with Crippen molar-refractivity contribution in [1.29, 1.82) is 0 Å². The predicted octanol–water partition coefficient (Wildman–Crippen LogP) is -0.0341. The van der Waals surface area contributed by atoms with Crippen LogP contribution in [0.5, 0.6) is 5.75 Å². The van der Waals surface area contributed by atoms with E-state index in [0.717, 1.165) is 0 Å². The van der Waals surface area contributed by atoms with E-state index in [4.69, 9.17) is 9.84 Å². The van der Waals surface area contributed by atoms with Gasteiger partial charge < -0.3 is 15.2 Å². The van der Waals surface area contributed by atoms with Crippen molar-refractivity contribution in [3.05, 3.63) is 24.3 Å². The van der Waals surface area contributed by atoms with E-state index < -0.39 is 22.5 Å². The number of nitrogens with one attached hydrogen (secondary N) is 1. The first-order valence-electron chi connectivity index (χ1n) is 5.64. The molecule has 1 aromatic rings. The van der Waals surface area contributed by atoms with Gasteiger partial charge in [0.1, 0.15) is 5.75 Å². The number of amides is 1. The Morgan fingerprint density at radius 1 is 1.37 bits per heavy atom. The normalized spacial score (nSPS) is 12.8. The maximum atomic E-state index is 12.1. The van der Waals surface area contributed by atoms with Gasteiger partial charge in [-0.15, -0.1) is 0 Å². The minimum atomic E-state index is -3.57. The fraction of sp³-hybridized carbons (Fsp3) is 0.417. The highest BCUT2D eigenvalue weighted by atomic mass is 32.2. The average Bonchev–Trinajstić information content (AvgIpc) is 2.37. The molecule has 1 rings (SSSR count). The molecule has 0 spiro atoms. The third-order valence-corrected chi connectivity index (χ3v) is 4.30. The minimum Gasteiger partial charge on any atom is -0.497 e. The van der Waals surface area contributed by atoms with E-state index in [2.05, 4.69) is 5.32 Å². The van der Waals surface area contributed by atoms with E-state index in [9.17, 15) is 13.2 Å². The molecule has 1 unspecified atom stereocenters. The van der Waals surface area contributed by atoms with Crippen LogP contribution < -0.4 is 10.1 Å². The van der Waals surface area contributed by atoms with Crippen molar-refractivity contribution in [3.8, 4) is 5.75 Å². The summed E-state index contributed by atoms with van der Waals surface area (Å²) in [6.45, 7) is 0.831. The number of ether oxygens (including phenoxy) is 1. The number of aliphatic hydroxyl groups is 1. The molecule has 0 saturated carbocycles. The van der Waals surface area contributed by atoms with Gasteiger partial charge in [0.15, 0.2) is 9.84 Å². The van der Waals surface area contributed by atoms with E-state index >= 15 is 0 Å². The third kappa shape index (κ3) is 4.53. The van der Waals surface area contributed by atoms with Crippen molar-refractivity contribution in [3.63, 3.8) is 0 Å². The van der Waals surface area contributed by atoms with Gasteiger partial charge in [0.25, 0.3) is 0 Å². The Kier molecular flexibility index (Phi) is 5.31. The molecule has 0 aliphatic carbocycles. The third-order valence-electron chi connectivity index (χ3n) is 2.47. The number of carbonyl (C=O) groups excluding carboxylic acids is 1. The largest absolute Gasteiger partial charge is 0.497 e. The number of benzene rings is 1. The summed E-state index contributed by atoms with van der Waals surface area (Å²) < 4.78 is 29.1. The van der Waals surface area contributed by atoms with Gasteiger partial charge in [-0.05, 0) is 24.3 Å². The van der Waals surface area contributed by atoms with Gasteiger partial charge in [-0.2, -0.15) is 0 Å². The molecule has 2 N–H and O–H groups in total. The zero-order chi connectivity index (χ0) is 14.5. The summed E-state index contributed by atoms with van der Waals surface area (Å²) in [6.07, 6.45) is 0. The van der Waals surface area contributed by atoms with Crippen molar-refractivity contribution in [1.82, 2.24) is 5.32 Å². The Hall–Kier alpha value is -1.60. The fourth-order valence-electron chi connectivity index (χ4n) is 1.57. The number of sulfone groups is 1. The Labute approximate surface area is 112 Å². The first-order valence-corrected chi connectivity index (χ1v) is 7.29. The molecule has 6 nitrogen and oxygen atoms in total. The Bertz CT molecular complexity index is 524. The van der Waals surface area contributed by atoms with Crippen molar-refractivity contribution >= 4 is 15.7 Å². The summed E-state index contributed by atoms with van der Waals surface area (Å²) in [4.78, 5) is 11.0. The Morgan fingerprint density at radius 3 is 2.37 bits per heavy atom. The second-order valence-corrected chi connectivity index (χ2v) is 6.07. The predicted molar refractivity (Wildman–Crippen MR) is 69.7 cm³/mol. The zero-order valence-corrected chi connectivity index (χ0v) is 11.6. The lowest BCUT2D eigenvalue weighted by molar-refractivity contribution is -0.119. The van der Waals surface area contributed by atoms with Crippen LogP contribution in [0.2, 0.25) is 0 Å². The first-order chi connectivity index (χ1) is 8.89. The molecule has 7 heteroatoms. The van der Waals surface area contributed by atoms with E-state index in [0.29, 0.717) is 5.75 Å². The Balaban J connectivity index is 2.86. The molecule has 0 heterocycles. The van der Waals surface area contributed by atoms with Crippen LogP contribution in [0.15, 0.2) is 29.2 Å². The van der Waals surface area contributed by atoms with E-state index in [-0.39, 0.29) is 16.6 Å². The summed E-state index contributed by atoms with van der Waals surface area (Å²) >= 11 is 0. The molecule has 0 saturated heterocycles. The monoisotopic (exact) mass is 287 g/mol. The van der Waals surface area contributed by atoms with Gasteiger partial charge in [0.2, 0.25) is 5.91 Å². The lowest BCUT2D eigenvalue weighted by atomic mass is 10.3. The van der Waals surface area contributed by atoms with Crippen molar-refractivity contribution in [2.24, 2.45) is 0 Å². The second kappa shape index (κ2) is 6.53. The van der Waals surface area contributed by atoms with Gasteiger partial charge in [0.05, 0.1) is 30.4 Å². The van der Waals surface area contributed by atoms with Crippen LogP contribution in [0.3, 0.4) is 0 Å². The standard InChI is InChI=1S/C12H17NO5S/c1-9(15)13-10(7-14)8-19(16,17)12-5-3-11(18-2)4-6-12/h3-6,10,14H,7-8H2,1-2H3,(H,13,15). The number of carbonyl (C=O) groups is 1. The van der Waals surface area contributed by atoms with E-state index in [1.807, 2.05) is 0 Å². The van der Waals surface area contributed by atoms with Crippen molar-refractivity contribution in [2.75, 3.05) is 19.5 Å². The molecule has 0 fully saturated rings. The summed E-state index contributed by atoms with van der Waals surface area (Å²) in [5.41, 5.74) is 0. The summed E-state index contributed by atoms with van der Waals surface area (Å²) in [7, 11) is -2.08. The van der Waals surface area contributed by atoms with Crippen LogP contribution in [0.25, 0.3) is 0 Å². The highest BCUT2D eigenvalue weighted by Crippen LogP contribution is 2.17. The molecule has 0 aliphatic rings. The smallest absolute Gasteiger partial charge is 0.217 e. The molecule has 106 valence electrons. The van der Waals surface area contributed by atoms with Gasteiger partial charge in [-0.25, -0.2) is 8.42 Å². The molecule has 1 amide bonds. The molecular formula is C12H17NO5S. The molecule has 0 aliphatic heterocycles. The molecule has 0 bridgehead atoms. The second-order valence-electron chi connectivity index (χ2n) is 4.04. The SMILES string of the molecule is COc1ccc(S(=O)(=O)CC(CO)NC(C)=O)cc1. The summed E-state index contributed by atoms with van der Waals surface area (Å²) in [6, 6.07) is 5.12. The van der Waals surface area contributed by atoms with Gasteiger partial charge >= 0.3 is 0 Å². The van der Waals surface area contributed by atoms with Crippen LogP contribution in [0.1, 0.15) is 6.92 Å². The lowest BCUT2D eigenvalue weighted by Crippen LogP contribution is -2.41. The summed E-state index contributed by atoms with van der Waals surface area (Å²) in [5.74, 6) is -0.182. The maximum Gasteiger partial charge on any atom is 0.217 e. The number of hydrogen-bond acceptors (Lipinski definition) is 5. The number of aliphatic hydroxyl groups excluding tert-OH is 1. The lowest BCUT2D eigenvalue weighted by Gasteiger charge is -2.15. The molecular weight excluding hydrogens is 270 g/mol. The average molecular weight is 287 g/mol. The Morgan fingerprint density at radius 2 is 1.95 bits per heavy atom. The fourth-order valence-corrected chi connectivity index (χ4v) is 3.03. The number of hydrogen-bond donors (Lipinski definition) is 2. The van der Waals surface area contributed by atoms with Crippen LogP contribution in [-0.2, 0) is 14.6 Å². The van der Waals surface area contributed by atoms with Crippen LogP contribution in [0, 0.1) is 0 Å². The van der Waals surface area contributed by atoms with Crippen LogP contribution >= 0.6 is 0 Å². The van der Waals surface area contributed by atoms with Gasteiger partial charge in [-0.3, -0.25) is 4.79 Å². The van der Waals surface area contributed by atoms with Gasteiger partial charge in [0, 0.05) is 6.92 Å². The summed E-state index contributed by atoms with van der Waals surface area (Å²) in [5, 5.41) is 11.5. The van der Waals surface area contributed by atoms with E-state index in [1.54, 1.807) is 12.1 Å². The number of methoxy groups -OCH3 is 1. The number of rotatable bonds is 6. The highest BCUT2D eigenvalue weighted by Gasteiger charge is 2.21. The van der Waals surface area contributed by atoms with Crippen molar-refractivity contribution < 1.29 is 23.1 Å². The zero-order valence-electron chi connectivity index (χ0n) is 10.8. The molecule has 0 radical (unpaired) electrons.